The van der Waals surface area contributed by atoms with Gasteiger partial charge in [0.2, 0.25) is 0 Å². The second-order valence-electron chi connectivity index (χ2n) is 6.98. The zero-order valence-corrected chi connectivity index (χ0v) is 15.9. The molecular formula is C23H22N2O3. The molecule has 5 nitrogen and oxygen atoms in total. The Bertz CT molecular complexity index is 1010. The van der Waals surface area contributed by atoms with Crippen molar-refractivity contribution in [1.29, 1.82) is 5.26 Å². The number of ether oxygens (including phenoxy) is 1. The summed E-state index contributed by atoms with van der Waals surface area (Å²) in [5.41, 5.74) is 3.18. The maximum absolute atomic E-state index is 11.0. The standard InChI is InChI=1S/C23H22N2O3/c1-16(2)11-12-28-22-6-4-3-5-20(22)21-15-25(14-18(21)13-24)19-9-7-17(8-10-19)23(26)27/h3-10,14-16H,11-12H2,1-2H3,(H,26,27). The maximum atomic E-state index is 11.0. The topological polar surface area (TPSA) is 75.2 Å². The number of carboxylic acid groups (broad SMARTS) is 1. The van der Waals surface area contributed by atoms with Crippen LogP contribution in [-0.2, 0) is 0 Å². The van der Waals surface area contributed by atoms with Gasteiger partial charge in [-0.3, -0.25) is 0 Å². The lowest BCUT2D eigenvalue weighted by Crippen LogP contribution is -2.02. The maximum Gasteiger partial charge on any atom is 0.335 e. The van der Waals surface area contributed by atoms with E-state index in [1.807, 2.05) is 35.0 Å². The zero-order valence-electron chi connectivity index (χ0n) is 15.9. The largest absolute Gasteiger partial charge is 0.493 e. The Morgan fingerprint density at radius 2 is 1.82 bits per heavy atom. The van der Waals surface area contributed by atoms with Crippen molar-refractivity contribution in [3.05, 3.63) is 72.1 Å². The van der Waals surface area contributed by atoms with Crippen molar-refractivity contribution < 1.29 is 14.6 Å². The number of aromatic carboxylic acids is 1. The van der Waals surface area contributed by atoms with Crippen LogP contribution in [0.2, 0.25) is 0 Å². The lowest BCUT2D eigenvalue weighted by molar-refractivity contribution is 0.0697. The van der Waals surface area contributed by atoms with Gasteiger partial charge in [-0.1, -0.05) is 32.0 Å². The molecule has 0 radical (unpaired) electrons. The average molecular weight is 374 g/mol. The van der Waals surface area contributed by atoms with Crippen LogP contribution < -0.4 is 4.74 Å². The number of carbonyl (C=O) groups is 1. The van der Waals surface area contributed by atoms with E-state index in [1.54, 1.807) is 30.5 Å². The molecular weight excluding hydrogens is 352 g/mol. The Morgan fingerprint density at radius 1 is 1.11 bits per heavy atom. The summed E-state index contributed by atoms with van der Waals surface area (Å²) in [5, 5.41) is 18.7. The number of aromatic nitrogens is 1. The molecule has 0 aliphatic carbocycles. The number of hydrogen-bond acceptors (Lipinski definition) is 3. The minimum Gasteiger partial charge on any atom is -0.493 e. The van der Waals surface area contributed by atoms with Crippen molar-refractivity contribution in [2.45, 2.75) is 20.3 Å². The summed E-state index contributed by atoms with van der Waals surface area (Å²) < 4.78 is 7.80. The van der Waals surface area contributed by atoms with Gasteiger partial charge < -0.3 is 14.4 Å². The second-order valence-corrected chi connectivity index (χ2v) is 6.98. The van der Waals surface area contributed by atoms with Crippen molar-refractivity contribution in [3.63, 3.8) is 0 Å². The molecule has 142 valence electrons. The highest BCUT2D eigenvalue weighted by Crippen LogP contribution is 2.34. The molecule has 1 N–H and O–H groups in total. The first kappa shape index (κ1) is 19.2. The lowest BCUT2D eigenvalue weighted by Gasteiger charge is -2.12. The van der Waals surface area contributed by atoms with Crippen molar-refractivity contribution in [2.75, 3.05) is 6.61 Å². The average Bonchev–Trinajstić information content (AvgIpc) is 3.12. The van der Waals surface area contributed by atoms with Crippen molar-refractivity contribution in [3.8, 4) is 28.6 Å². The Balaban J connectivity index is 1.95. The Labute approximate surface area is 164 Å². The molecule has 1 heterocycles. The SMILES string of the molecule is CC(C)CCOc1ccccc1-c1cn(-c2ccc(C(=O)O)cc2)cc1C#N. The molecule has 0 spiro atoms. The number of benzene rings is 2. The lowest BCUT2D eigenvalue weighted by atomic mass is 10.0. The van der Waals surface area contributed by atoms with Gasteiger partial charge >= 0.3 is 5.97 Å². The number of nitrogens with zero attached hydrogens (tertiary/aromatic N) is 2. The van der Waals surface area contributed by atoms with E-state index in [4.69, 9.17) is 9.84 Å². The van der Waals surface area contributed by atoms with E-state index in [9.17, 15) is 10.1 Å². The molecule has 0 amide bonds. The van der Waals surface area contributed by atoms with E-state index in [2.05, 4.69) is 19.9 Å². The number of carboxylic acids is 1. The van der Waals surface area contributed by atoms with Crippen molar-refractivity contribution in [2.24, 2.45) is 5.92 Å². The Morgan fingerprint density at radius 3 is 2.46 bits per heavy atom. The molecule has 1 aromatic heterocycles. The molecule has 2 aromatic carbocycles. The van der Waals surface area contributed by atoms with Crippen LogP contribution in [0.4, 0.5) is 0 Å². The smallest absolute Gasteiger partial charge is 0.335 e. The molecule has 0 saturated heterocycles. The van der Waals surface area contributed by atoms with Crippen LogP contribution in [0.15, 0.2) is 60.9 Å². The van der Waals surface area contributed by atoms with E-state index in [-0.39, 0.29) is 5.56 Å². The monoisotopic (exact) mass is 374 g/mol. The molecule has 28 heavy (non-hydrogen) atoms. The van der Waals surface area contributed by atoms with Crippen LogP contribution >= 0.6 is 0 Å². The summed E-state index contributed by atoms with van der Waals surface area (Å²) in [6, 6.07) is 16.5. The normalized spacial score (nSPS) is 10.6. The summed E-state index contributed by atoms with van der Waals surface area (Å²) >= 11 is 0. The molecule has 0 aliphatic heterocycles. The highest BCUT2D eigenvalue weighted by Gasteiger charge is 2.14. The van der Waals surface area contributed by atoms with Crippen LogP contribution in [0.5, 0.6) is 5.75 Å². The molecule has 0 aliphatic rings. The fraction of sp³-hybridized carbons (Fsp3) is 0.217. The fourth-order valence-corrected chi connectivity index (χ4v) is 2.90. The summed E-state index contributed by atoms with van der Waals surface area (Å²) in [6.07, 6.45) is 4.57. The first-order chi connectivity index (χ1) is 13.5. The predicted octanol–water partition coefficient (Wildman–Crippen LogP) is 5.14. The summed E-state index contributed by atoms with van der Waals surface area (Å²) in [5.74, 6) is 0.334. The van der Waals surface area contributed by atoms with Gasteiger partial charge in [-0.15, -0.1) is 0 Å². The van der Waals surface area contributed by atoms with Gasteiger partial charge in [-0.05, 0) is 42.7 Å². The van der Waals surface area contributed by atoms with Gasteiger partial charge in [0.25, 0.3) is 0 Å². The quantitative estimate of drug-likeness (QED) is 0.621. The highest BCUT2D eigenvalue weighted by atomic mass is 16.5. The molecule has 5 heteroatoms. The van der Waals surface area contributed by atoms with Crippen LogP contribution in [-0.4, -0.2) is 22.2 Å². The number of rotatable bonds is 7. The Kier molecular flexibility index (Phi) is 5.81. The van der Waals surface area contributed by atoms with Crippen LogP contribution in [0.25, 0.3) is 16.8 Å². The second kappa shape index (κ2) is 8.45. The zero-order chi connectivity index (χ0) is 20.1. The van der Waals surface area contributed by atoms with E-state index >= 15 is 0 Å². The Hall–Kier alpha value is -3.52. The molecule has 3 aromatic rings. The van der Waals surface area contributed by atoms with Gasteiger partial charge in [0, 0.05) is 29.2 Å². The molecule has 0 saturated carbocycles. The van der Waals surface area contributed by atoms with Crippen LogP contribution in [0, 0.1) is 17.2 Å². The van der Waals surface area contributed by atoms with Gasteiger partial charge in [0.1, 0.15) is 11.8 Å². The third kappa shape index (κ3) is 4.24. The summed E-state index contributed by atoms with van der Waals surface area (Å²) in [4.78, 5) is 11.0. The molecule has 0 fully saturated rings. The molecule has 0 bridgehead atoms. The van der Waals surface area contributed by atoms with Crippen LogP contribution in [0.1, 0.15) is 36.2 Å². The third-order valence-corrected chi connectivity index (χ3v) is 4.49. The first-order valence-electron chi connectivity index (χ1n) is 9.17. The minimum atomic E-state index is -0.968. The predicted molar refractivity (Wildman–Crippen MR) is 108 cm³/mol. The van der Waals surface area contributed by atoms with E-state index in [1.165, 1.54) is 0 Å². The highest BCUT2D eigenvalue weighted by molar-refractivity contribution is 5.87. The summed E-state index contributed by atoms with van der Waals surface area (Å²) in [6.45, 7) is 4.92. The molecule has 3 rings (SSSR count). The van der Waals surface area contributed by atoms with E-state index in [0.717, 1.165) is 29.0 Å². The minimum absolute atomic E-state index is 0.223. The van der Waals surface area contributed by atoms with Crippen LogP contribution in [0.3, 0.4) is 0 Å². The van der Waals surface area contributed by atoms with Gasteiger partial charge in [-0.2, -0.15) is 5.26 Å². The fourth-order valence-electron chi connectivity index (χ4n) is 2.90. The third-order valence-electron chi connectivity index (χ3n) is 4.49. The first-order valence-corrected chi connectivity index (χ1v) is 9.17. The van der Waals surface area contributed by atoms with Gasteiger partial charge in [0.15, 0.2) is 0 Å². The van der Waals surface area contributed by atoms with Gasteiger partial charge in [-0.25, -0.2) is 4.79 Å². The number of hydrogen-bond donors (Lipinski definition) is 1. The molecule has 0 atom stereocenters. The molecule has 0 unspecified atom stereocenters. The van der Waals surface area contributed by atoms with Gasteiger partial charge in [0.05, 0.1) is 17.7 Å². The summed E-state index contributed by atoms with van der Waals surface area (Å²) in [7, 11) is 0. The number of nitriles is 1. The van der Waals surface area contributed by atoms with Crippen molar-refractivity contribution in [1.82, 2.24) is 4.57 Å². The number of para-hydroxylation sites is 1. The van der Waals surface area contributed by atoms with E-state index in [0.29, 0.717) is 18.1 Å². The van der Waals surface area contributed by atoms with Crippen molar-refractivity contribution >= 4 is 5.97 Å². The van der Waals surface area contributed by atoms with E-state index < -0.39 is 5.97 Å².